The number of amidine groups is 2. The first-order valence-corrected chi connectivity index (χ1v) is 9.95. The molecule has 0 aliphatic carbocycles. The third-order valence-electron chi connectivity index (χ3n) is 4.44. The maximum atomic E-state index is 8.42. The molecular formula is C22H28ClN3O4. The number of para-hydroxylation sites is 1. The van der Waals surface area contributed by atoms with E-state index >= 15 is 0 Å². The lowest BCUT2D eigenvalue weighted by Crippen LogP contribution is -2.39. The van der Waals surface area contributed by atoms with E-state index in [1.54, 1.807) is 38.5 Å². The highest BCUT2D eigenvalue weighted by Gasteiger charge is 2.32. The normalized spacial score (nSPS) is 15.5. The number of rotatable bonds is 5. The van der Waals surface area contributed by atoms with E-state index in [1.807, 2.05) is 26.0 Å². The molecule has 2 aromatic rings. The Balaban J connectivity index is 0.00000155. The van der Waals surface area contributed by atoms with Gasteiger partial charge in [-0.3, -0.25) is 15.7 Å². The van der Waals surface area contributed by atoms with E-state index in [2.05, 4.69) is 0 Å². The zero-order valence-corrected chi connectivity index (χ0v) is 18.7. The van der Waals surface area contributed by atoms with Crippen molar-refractivity contribution in [3.8, 4) is 11.5 Å². The number of halogens is 1. The second kappa shape index (κ2) is 11.0. The molecule has 162 valence electrons. The van der Waals surface area contributed by atoms with Gasteiger partial charge in [-0.15, -0.1) is 0 Å². The fourth-order valence-corrected chi connectivity index (χ4v) is 3.47. The number of methoxy groups -OCH3 is 3. The van der Waals surface area contributed by atoms with Crippen LogP contribution in [-0.2, 0) is 9.47 Å². The molecule has 1 atom stereocenters. The molecule has 1 aliphatic rings. The molecule has 0 saturated heterocycles. The van der Waals surface area contributed by atoms with Gasteiger partial charge in [0.15, 0.2) is 11.5 Å². The fraction of sp³-hybridized carbons (Fsp3) is 0.364. The van der Waals surface area contributed by atoms with Crippen LogP contribution in [-0.4, -0.2) is 46.2 Å². The van der Waals surface area contributed by atoms with Gasteiger partial charge >= 0.3 is 0 Å². The Labute approximate surface area is 182 Å². The van der Waals surface area contributed by atoms with Crippen LogP contribution in [0.2, 0.25) is 5.02 Å². The van der Waals surface area contributed by atoms with Crippen molar-refractivity contribution in [3.05, 3.63) is 52.5 Å². The monoisotopic (exact) mass is 433 g/mol. The van der Waals surface area contributed by atoms with Gasteiger partial charge in [-0.05, 0) is 24.3 Å². The number of nitrogens with zero attached hydrogens (tertiary/aromatic N) is 1. The average Bonchev–Trinajstić information content (AvgIpc) is 2.90. The molecule has 0 amide bonds. The van der Waals surface area contributed by atoms with Crippen molar-refractivity contribution < 1.29 is 18.9 Å². The van der Waals surface area contributed by atoms with Gasteiger partial charge in [0.1, 0.15) is 31.0 Å². The van der Waals surface area contributed by atoms with Crippen molar-refractivity contribution in [2.24, 2.45) is 0 Å². The summed E-state index contributed by atoms with van der Waals surface area (Å²) in [6, 6.07) is 10.8. The van der Waals surface area contributed by atoms with Crippen LogP contribution in [0.15, 0.2) is 36.4 Å². The highest BCUT2D eigenvalue weighted by molar-refractivity contribution is 6.31. The summed E-state index contributed by atoms with van der Waals surface area (Å²) in [7, 11) is 4.66. The van der Waals surface area contributed by atoms with Gasteiger partial charge in [0.2, 0.25) is 0 Å². The first kappa shape index (κ1) is 23.7. The van der Waals surface area contributed by atoms with E-state index in [9.17, 15) is 0 Å². The van der Waals surface area contributed by atoms with Crippen LogP contribution in [0.5, 0.6) is 11.5 Å². The molecule has 30 heavy (non-hydrogen) atoms. The van der Waals surface area contributed by atoms with Gasteiger partial charge in [-0.1, -0.05) is 37.6 Å². The Morgan fingerprint density at radius 3 is 2.50 bits per heavy atom. The number of fused-ring (bicyclic) bond motifs is 1. The quantitative estimate of drug-likeness (QED) is 0.516. The van der Waals surface area contributed by atoms with E-state index in [0.29, 0.717) is 22.2 Å². The standard InChI is InChI=1S/C20H22ClN3O4.C2H6/c1-25-10-17(22)24-15-8-7-12(21)9-14(15)19(28-11-18(24)23)13-5-4-6-16(26-2)20(13)27-3;1-2/h4-9,19,22-23H,10-11H2,1-3H3;1-2H3. The molecule has 2 aromatic carbocycles. The largest absolute Gasteiger partial charge is 0.493 e. The highest BCUT2D eigenvalue weighted by Crippen LogP contribution is 2.43. The molecule has 3 rings (SSSR count). The van der Waals surface area contributed by atoms with E-state index in [1.165, 1.54) is 12.0 Å². The van der Waals surface area contributed by atoms with Crippen LogP contribution in [0.3, 0.4) is 0 Å². The van der Waals surface area contributed by atoms with Gasteiger partial charge in [0.25, 0.3) is 0 Å². The summed E-state index contributed by atoms with van der Waals surface area (Å²) in [6.07, 6.45) is -0.556. The third-order valence-corrected chi connectivity index (χ3v) is 4.67. The molecule has 1 unspecified atom stereocenters. The molecule has 2 N–H and O–H groups in total. The van der Waals surface area contributed by atoms with Gasteiger partial charge in [0.05, 0.1) is 19.9 Å². The maximum absolute atomic E-state index is 8.42. The van der Waals surface area contributed by atoms with Crippen LogP contribution in [0.1, 0.15) is 31.1 Å². The van der Waals surface area contributed by atoms with Crippen molar-refractivity contribution >= 4 is 29.0 Å². The lowest BCUT2D eigenvalue weighted by Gasteiger charge is -2.25. The average molecular weight is 434 g/mol. The number of benzene rings is 2. The predicted octanol–water partition coefficient (Wildman–Crippen LogP) is 4.91. The first-order chi connectivity index (χ1) is 14.5. The van der Waals surface area contributed by atoms with E-state index in [0.717, 1.165) is 11.1 Å². The highest BCUT2D eigenvalue weighted by atomic mass is 35.5. The van der Waals surface area contributed by atoms with Crippen LogP contribution >= 0.6 is 11.6 Å². The molecule has 1 aliphatic heterocycles. The van der Waals surface area contributed by atoms with Crippen LogP contribution in [0.4, 0.5) is 5.69 Å². The summed E-state index contributed by atoms with van der Waals surface area (Å²) < 4.78 is 22.2. The number of hydrogen-bond acceptors (Lipinski definition) is 6. The summed E-state index contributed by atoms with van der Waals surface area (Å²) in [5.74, 6) is 1.40. The molecule has 8 heteroatoms. The Kier molecular flexibility index (Phi) is 8.65. The van der Waals surface area contributed by atoms with Crippen molar-refractivity contribution in [3.63, 3.8) is 0 Å². The smallest absolute Gasteiger partial charge is 0.166 e. The topological polar surface area (TPSA) is 87.9 Å². The second-order valence-electron chi connectivity index (χ2n) is 6.14. The van der Waals surface area contributed by atoms with Crippen LogP contribution < -0.4 is 14.4 Å². The van der Waals surface area contributed by atoms with E-state index < -0.39 is 6.10 Å². The lowest BCUT2D eigenvalue weighted by atomic mass is 9.98. The number of anilines is 1. The van der Waals surface area contributed by atoms with Crippen molar-refractivity contribution in [1.29, 1.82) is 10.8 Å². The Bertz CT molecular complexity index is 904. The lowest BCUT2D eigenvalue weighted by molar-refractivity contribution is 0.112. The maximum Gasteiger partial charge on any atom is 0.166 e. The van der Waals surface area contributed by atoms with Gasteiger partial charge in [-0.2, -0.15) is 0 Å². The van der Waals surface area contributed by atoms with Crippen molar-refractivity contribution in [2.45, 2.75) is 20.0 Å². The second-order valence-corrected chi connectivity index (χ2v) is 6.58. The molecule has 1 heterocycles. The number of hydrogen-bond donors (Lipinski definition) is 2. The summed E-state index contributed by atoms with van der Waals surface area (Å²) in [4.78, 5) is 1.52. The zero-order valence-electron chi connectivity index (χ0n) is 17.9. The van der Waals surface area contributed by atoms with E-state index in [-0.39, 0.29) is 24.9 Å². The van der Waals surface area contributed by atoms with Crippen LogP contribution in [0, 0.1) is 10.8 Å². The molecule has 0 bridgehead atoms. The van der Waals surface area contributed by atoms with Gasteiger partial charge in [-0.25, -0.2) is 0 Å². The summed E-state index contributed by atoms with van der Waals surface area (Å²) in [6.45, 7) is 4.07. The Morgan fingerprint density at radius 1 is 1.13 bits per heavy atom. The van der Waals surface area contributed by atoms with E-state index in [4.69, 9.17) is 41.4 Å². The van der Waals surface area contributed by atoms with Gasteiger partial charge in [0, 0.05) is 23.3 Å². The van der Waals surface area contributed by atoms with Crippen molar-refractivity contribution in [1.82, 2.24) is 0 Å². The number of ether oxygens (including phenoxy) is 4. The Morgan fingerprint density at radius 2 is 1.87 bits per heavy atom. The first-order valence-electron chi connectivity index (χ1n) is 9.57. The predicted molar refractivity (Wildman–Crippen MR) is 120 cm³/mol. The third kappa shape index (κ3) is 4.75. The minimum atomic E-state index is -0.556. The SMILES string of the molecule is CC.COCC(=N)N1C(=N)COC(c2cccc(OC)c2OC)c2cc(Cl)ccc21. The molecule has 0 spiro atoms. The molecule has 0 saturated carbocycles. The van der Waals surface area contributed by atoms with Crippen LogP contribution in [0.25, 0.3) is 0 Å². The molecule has 0 radical (unpaired) electrons. The zero-order chi connectivity index (χ0) is 22.3. The molecule has 0 aromatic heterocycles. The van der Waals surface area contributed by atoms with Gasteiger partial charge < -0.3 is 18.9 Å². The summed E-state index contributed by atoms with van der Waals surface area (Å²) in [5.41, 5.74) is 2.12. The minimum absolute atomic E-state index is 0.00340. The summed E-state index contributed by atoms with van der Waals surface area (Å²) >= 11 is 6.28. The molecule has 0 fully saturated rings. The minimum Gasteiger partial charge on any atom is -0.493 e. The fourth-order valence-electron chi connectivity index (χ4n) is 3.29. The van der Waals surface area contributed by atoms with Crippen molar-refractivity contribution in [2.75, 3.05) is 39.4 Å². The Hall–Kier alpha value is -2.61. The number of nitrogens with one attached hydrogen (secondary N) is 2. The summed E-state index contributed by atoms with van der Waals surface area (Å²) in [5, 5.41) is 17.3. The molecular weight excluding hydrogens is 406 g/mol. The molecule has 7 nitrogen and oxygen atoms in total.